The minimum absolute atomic E-state index is 0.629. The van der Waals surface area contributed by atoms with E-state index in [-0.39, 0.29) is 0 Å². The Labute approximate surface area is 274 Å². The fourth-order valence-electron chi connectivity index (χ4n) is 6.17. The lowest BCUT2D eigenvalue weighted by atomic mass is 9.96. The molecular formula is C27H48O21. The van der Waals surface area contributed by atoms with Crippen molar-refractivity contribution < 1.29 is 104 Å². The highest BCUT2D eigenvalue weighted by Crippen LogP contribution is 2.34. The topological polar surface area (TPSA) is 315 Å². The molecule has 4 fully saturated rings. The summed E-state index contributed by atoms with van der Waals surface area (Å²) in [6.07, 6.45) is -31.3. The second kappa shape index (κ2) is 17.6. The summed E-state index contributed by atoms with van der Waals surface area (Å²) in [6.45, 7) is -2.71. The van der Waals surface area contributed by atoms with Gasteiger partial charge >= 0.3 is 0 Å². The number of methoxy groups -OCH3 is 3. The number of aliphatic hydroxyl groups excluding tert-OH is 11. The van der Waals surface area contributed by atoms with Crippen molar-refractivity contribution in [3.63, 3.8) is 0 Å². The van der Waals surface area contributed by atoms with Gasteiger partial charge in [0.25, 0.3) is 0 Å². The van der Waals surface area contributed by atoms with Crippen molar-refractivity contribution in [1.82, 2.24) is 0 Å². The van der Waals surface area contributed by atoms with Crippen LogP contribution >= 0.6 is 0 Å². The third kappa shape index (κ3) is 8.12. The van der Waals surface area contributed by atoms with Gasteiger partial charge in [-0.1, -0.05) is 0 Å². The van der Waals surface area contributed by atoms with Gasteiger partial charge < -0.3 is 104 Å². The Balaban J connectivity index is 1.57. The smallest absolute Gasteiger partial charge is 0.187 e. The lowest BCUT2D eigenvalue weighted by Crippen LogP contribution is -2.67. The van der Waals surface area contributed by atoms with Gasteiger partial charge in [0, 0.05) is 21.3 Å². The number of aliphatic hydroxyl groups is 11. The van der Waals surface area contributed by atoms with Crippen LogP contribution in [0.3, 0.4) is 0 Å². The Morgan fingerprint density at radius 3 is 1.17 bits per heavy atom. The zero-order chi connectivity index (χ0) is 35.4. The monoisotopic (exact) mass is 708 g/mol. The quantitative estimate of drug-likeness (QED) is 0.0846. The molecule has 0 spiro atoms. The zero-order valence-corrected chi connectivity index (χ0v) is 26.4. The SMILES string of the molecule is CO[C@@H]1OC(CO)[C@H](O[C@@H]2OC(CO[C@H]3OC(CO)[C@H](OC)C(O)C3O)[C@H](O[C@@H]3OC(CO)[C@H](OC)C(O)C3O)C(O)C2O)C(O)C1O. The second-order valence-electron chi connectivity index (χ2n) is 11.8. The first-order chi connectivity index (χ1) is 22.9. The van der Waals surface area contributed by atoms with Gasteiger partial charge in [-0.3, -0.25) is 0 Å². The van der Waals surface area contributed by atoms with E-state index in [1.807, 2.05) is 0 Å². The van der Waals surface area contributed by atoms with Gasteiger partial charge in [-0.05, 0) is 0 Å². The van der Waals surface area contributed by atoms with Gasteiger partial charge in [-0.15, -0.1) is 0 Å². The van der Waals surface area contributed by atoms with Gasteiger partial charge in [0.1, 0.15) is 97.7 Å². The number of hydrogen-bond acceptors (Lipinski definition) is 21. The van der Waals surface area contributed by atoms with Crippen molar-refractivity contribution in [2.75, 3.05) is 47.8 Å². The number of hydrogen-bond donors (Lipinski definition) is 11. The van der Waals surface area contributed by atoms with Crippen molar-refractivity contribution in [3.8, 4) is 0 Å². The van der Waals surface area contributed by atoms with E-state index in [0.29, 0.717) is 0 Å². The average molecular weight is 709 g/mol. The van der Waals surface area contributed by atoms with Crippen LogP contribution in [0.4, 0.5) is 0 Å². The Morgan fingerprint density at radius 1 is 0.396 bits per heavy atom. The molecule has 21 nitrogen and oxygen atoms in total. The maximum atomic E-state index is 11.3. The van der Waals surface area contributed by atoms with Crippen LogP contribution in [-0.2, 0) is 47.4 Å². The van der Waals surface area contributed by atoms with Crippen LogP contribution in [0.15, 0.2) is 0 Å². The van der Waals surface area contributed by atoms with Gasteiger partial charge in [-0.2, -0.15) is 0 Å². The molecule has 0 saturated carbocycles. The minimum Gasteiger partial charge on any atom is -0.394 e. The lowest BCUT2D eigenvalue weighted by Gasteiger charge is -2.48. The molecule has 4 saturated heterocycles. The maximum absolute atomic E-state index is 11.3. The molecule has 0 amide bonds. The van der Waals surface area contributed by atoms with Crippen molar-refractivity contribution >= 4 is 0 Å². The molecular weight excluding hydrogens is 660 g/mol. The van der Waals surface area contributed by atoms with E-state index in [2.05, 4.69) is 0 Å². The Morgan fingerprint density at radius 2 is 0.729 bits per heavy atom. The third-order valence-electron chi connectivity index (χ3n) is 8.89. The van der Waals surface area contributed by atoms with Crippen LogP contribution in [0, 0.1) is 0 Å². The van der Waals surface area contributed by atoms with E-state index in [9.17, 15) is 56.2 Å². The van der Waals surface area contributed by atoms with Crippen molar-refractivity contribution in [2.45, 2.75) is 123 Å². The Hall–Kier alpha value is -0.840. The highest BCUT2D eigenvalue weighted by atomic mass is 16.8. The maximum Gasteiger partial charge on any atom is 0.187 e. The molecule has 4 rings (SSSR count). The predicted octanol–water partition coefficient (Wildman–Crippen LogP) is -7.79. The van der Waals surface area contributed by atoms with E-state index in [1.165, 1.54) is 21.3 Å². The molecule has 0 aromatic rings. The summed E-state index contributed by atoms with van der Waals surface area (Å²) < 4.78 is 54.8. The molecule has 0 aromatic heterocycles. The van der Waals surface area contributed by atoms with Gasteiger partial charge in [0.2, 0.25) is 0 Å². The van der Waals surface area contributed by atoms with Gasteiger partial charge in [0.15, 0.2) is 25.2 Å². The predicted molar refractivity (Wildman–Crippen MR) is 148 cm³/mol. The van der Waals surface area contributed by atoms with E-state index in [0.717, 1.165) is 0 Å². The van der Waals surface area contributed by atoms with Crippen molar-refractivity contribution in [1.29, 1.82) is 0 Å². The molecule has 282 valence electrons. The first-order valence-electron chi connectivity index (χ1n) is 15.3. The highest BCUT2D eigenvalue weighted by Gasteiger charge is 2.54. The molecule has 12 unspecified atom stereocenters. The molecule has 21 heteroatoms. The molecule has 0 aliphatic carbocycles. The lowest BCUT2D eigenvalue weighted by molar-refractivity contribution is -0.384. The molecule has 0 radical (unpaired) electrons. The standard InChI is InChI=1S/C27H48O21/c1-39-20-8(4-28)44-25(17(36)12(20)31)42-7-11-23(48-26-18(37)13(32)21(40-2)9(5-29)45-26)15(34)19(38)27(46-11)47-22-10(6-30)43-24(41-3)16(35)14(22)33/h8-38H,4-7H2,1-3H3/t8?,9?,10?,11?,12?,13?,14?,15?,16?,17?,18?,19?,20-,21-,22-,23-,24+,25-,26-,27-/m0/s1. The van der Waals surface area contributed by atoms with E-state index in [1.54, 1.807) is 0 Å². The zero-order valence-electron chi connectivity index (χ0n) is 26.4. The first kappa shape index (κ1) is 39.9. The summed E-state index contributed by atoms with van der Waals surface area (Å²) in [5.41, 5.74) is 0. The molecule has 11 N–H and O–H groups in total. The van der Waals surface area contributed by atoms with Crippen LogP contribution < -0.4 is 0 Å². The Kier molecular flexibility index (Phi) is 14.6. The second-order valence-corrected chi connectivity index (χ2v) is 11.8. The molecule has 48 heavy (non-hydrogen) atoms. The number of rotatable bonds is 13. The minimum atomic E-state index is -1.99. The van der Waals surface area contributed by atoms with Crippen LogP contribution in [0.5, 0.6) is 0 Å². The molecule has 4 aliphatic heterocycles. The summed E-state index contributed by atoms with van der Waals surface area (Å²) in [7, 11) is 3.65. The normalized spacial score (nSPS) is 50.4. The summed E-state index contributed by atoms with van der Waals surface area (Å²) in [5, 5.41) is 115. The van der Waals surface area contributed by atoms with Crippen molar-refractivity contribution in [2.24, 2.45) is 0 Å². The Bertz CT molecular complexity index is 960. The molecule has 4 heterocycles. The first-order valence-corrected chi connectivity index (χ1v) is 15.3. The van der Waals surface area contributed by atoms with Crippen LogP contribution in [0.1, 0.15) is 0 Å². The van der Waals surface area contributed by atoms with Crippen LogP contribution in [0.2, 0.25) is 0 Å². The van der Waals surface area contributed by atoms with Crippen molar-refractivity contribution in [3.05, 3.63) is 0 Å². The molecule has 20 atom stereocenters. The average Bonchev–Trinajstić information content (AvgIpc) is 3.09. The molecule has 4 aliphatic rings. The van der Waals surface area contributed by atoms with Crippen LogP contribution in [0.25, 0.3) is 0 Å². The van der Waals surface area contributed by atoms with E-state index in [4.69, 9.17) is 47.4 Å². The van der Waals surface area contributed by atoms with E-state index >= 15 is 0 Å². The molecule has 0 aromatic carbocycles. The van der Waals surface area contributed by atoms with Crippen LogP contribution in [-0.4, -0.2) is 227 Å². The summed E-state index contributed by atoms with van der Waals surface area (Å²) in [4.78, 5) is 0. The summed E-state index contributed by atoms with van der Waals surface area (Å²) >= 11 is 0. The number of ether oxygens (including phenoxy) is 10. The highest BCUT2D eigenvalue weighted by molar-refractivity contribution is 4.97. The third-order valence-corrected chi connectivity index (χ3v) is 8.89. The summed E-state index contributed by atoms with van der Waals surface area (Å²) in [5.74, 6) is 0. The summed E-state index contributed by atoms with van der Waals surface area (Å²) in [6, 6.07) is 0. The largest absolute Gasteiger partial charge is 0.394 e. The molecule has 0 bridgehead atoms. The van der Waals surface area contributed by atoms with E-state index < -0.39 is 149 Å². The van der Waals surface area contributed by atoms with Gasteiger partial charge in [-0.25, -0.2) is 0 Å². The fraction of sp³-hybridized carbons (Fsp3) is 1.00. The fourth-order valence-corrected chi connectivity index (χ4v) is 6.17. The van der Waals surface area contributed by atoms with Gasteiger partial charge in [0.05, 0.1) is 26.4 Å².